The number of aromatic carboxylic acids is 1. The molecule has 0 aliphatic carbocycles. The van der Waals surface area contributed by atoms with Gasteiger partial charge in [-0.05, 0) is 23.8 Å². The van der Waals surface area contributed by atoms with Gasteiger partial charge in [0, 0.05) is 28.3 Å². The third-order valence-corrected chi connectivity index (χ3v) is 5.21. The molecule has 28 heavy (non-hydrogen) atoms. The number of furan rings is 1. The first-order chi connectivity index (χ1) is 13.7. The van der Waals surface area contributed by atoms with Crippen molar-refractivity contribution < 1.29 is 23.8 Å². The molecule has 0 radical (unpaired) electrons. The van der Waals surface area contributed by atoms with Crippen LogP contribution in [0.25, 0.3) is 11.1 Å². The normalized spacial score (nSPS) is 10.6. The van der Waals surface area contributed by atoms with E-state index < -0.39 is 5.97 Å². The number of benzene rings is 2. The highest BCUT2D eigenvalue weighted by Gasteiger charge is 2.22. The number of carbonyl (C=O) groups is 1. The van der Waals surface area contributed by atoms with Gasteiger partial charge in [-0.1, -0.05) is 24.3 Å². The molecule has 0 saturated heterocycles. The molecule has 0 aliphatic rings. The van der Waals surface area contributed by atoms with Gasteiger partial charge in [-0.15, -0.1) is 11.8 Å². The van der Waals surface area contributed by atoms with E-state index in [1.165, 1.54) is 18.0 Å². The van der Waals surface area contributed by atoms with Crippen LogP contribution in [0.4, 0.5) is 0 Å². The summed E-state index contributed by atoms with van der Waals surface area (Å²) in [6, 6.07) is 13.0. The van der Waals surface area contributed by atoms with Crippen LogP contribution in [0.5, 0.6) is 11.5 Å². The van der Waals surface area contributed by atoms with Gasteiger partial charge in [-0.25, -0.2) is 4.79 Å². The van der Waals surface area contributed by atoms with Crippen molar-refractivity contribution in [1.82, 2.24) is 0 Å². The highest BCUT2D eigenvalue weighted by molar-refractivity contribution is 7.98. The summed E-state index contributed by atoms with van der Waals surface area (Å²) in [6.45, 7) is 0.498. The van der Waals surface area contributed by atoms with E-state index in [9.17, 15) is 9.90 Å². The third-order valence-electron chi connectivity index (χ3n) is 4.11. The fourth-order valence-corrected chi connectivity index (χ4v) is 3.85. The Morgan fingerprint density at radius 1 is 1.21 bits per heavy atom. The molecule has 2 aromatic carbocycles. The average molecular weight is 399 g/mol. The summed E-state index contributed by atoms with van der Waals surface area (Å²) in [5.41, 5.74) is 7.76. The molecule has 146 valence electrons. The summed E-state index contributed by atoms with van der Waals surface area (Å²) < 4.78 is 16.3. The molecule has 0 amide bonds. The van der Waals surface area contributed by atoms with E-state index in [-0.39, 0.29) is 18.7 Å². The lowest BCUT2D eigenvalue weighted by Crippen LogP contribution is -2.14. The lowest BCUT2D eigenvalue weighted by Gasteiger charge is -2.16. The molecule has 0 bridgehead atoms. The van der Waals surface area contributed by atoms with E-state index in [1.54, 1.807) is 19.4 Å². The van der Waals surface area contributed by atoms with Crippen molar-refractivity contribution in [2.45, 2.75) is 10.6 Å². The zero-order valence-electron chi connectivity index (χ0n) is 15.4. The number of carboxylic acids is 1. The van der Waals surface area contributed by atoms with E-state index in [4.69, 9.17) is 19.6 Å². The smallest absolute Gasteiger partial charge is 0.339 e. The molecular weight excluding hydrogens is 378 g/mol. The van der Waals surface area contributed by atoms with Gasteiger partial charge in [-0.2, -0.15) is 0 Å². The summed E-state index contributed by atoms with van der Waals surface area (Å²) >= 11 is 1.51. The van der Waals surface area contributed by atoms with E-state index in [0.29, 0.717) is 22.6 Å². The van der Waals surface area contributed by atoms with Crippen LogP contribution in [-0.2, 0) is 5.75 Å². The number of carboxylic acid groups (broad SMARTS) is 1. The van der Waals surface area contributed by atoms with Gasteiger partial charge < -0.3 is 24.7 Å². The van der Waals surface area contributed by atoms with E-state index in [1.807, 2.05) is 36.4 Å². The van der Waals surface area contributed by atoms with Gasteiger partial charge in [0.05, 0.1) is 19.6 Å². The maximum Gasteiger partial charge on any atom is 0.339 e. The minimum Gasteiger partial charge on any atom is -0.496 e. The number of para-hydroxylation sites is 1. The van der Waals surface area contributed by atoms with Crippen LogP contribution in [0.15, 0.2) is 64.3 Å². The summed E-state index contributed by atoms with van der Waals surface area (Å²) in [5.74, 6) is 0.455. The molecule has 6 nitrogen and oxygen atoms in total. The standard InChI is InChI=1S/C21H21NO5S/c1-25-17-4-2-3-5-18(17)28-13-15-6-7-16(14-8-10-26-12-14)20(27-11-9-22)19(15)21(23)24/h2-8,10,12H,9,11,13,22H2,1H3,(H,23,24). The number of hydrogen-bond donors (Lipinski definition) is 2. The second kappa shape index (κ2) is 9.34. The van der Waals surface area contributed by atoms with E-state index in [0.717, 1.165) is 16.2 Å². The van der Waals surface area contributed by atoms with Crippen molar-refractivity contribution >= 4 is 17.7 Å². The molecule has 3 rings (SSSR count). The average Bonchev–Trinajstić information content (AvgIpc) is 3.24. The van der Waals surface area contributed by atoms with Crippen LogP contribution < -0.4 is 15.2 Å². The second-order valence-corrected chi connectivity index (χ2v) is 6.89. The van der Waals surface area contributed by atoms with Crippen molar-refractivity contribution in [3.8, 4) is 22.6 Å². The largest absolute Gasteiger partial charge is 0.496 e. The predicted molar refractivity (Wildman–Crippen MR) is 108 cm³/mol. The van der Waals surface area contributed by atoms with Gasteiger partial charge in [0.25, 0.3) is 0 Å². The summed E-state index contributed by atoms with van der Waals surface area (Å²) in [4.78, 5) is 13.0. The van der Waals surface area contributed by atoms with Crippen LogP contribution in [0.1, 0.15) is 15.9 Å². The Bertz CT molecular complexity index is 940. The monoisotopic (exact) mass is 399 g/mol. The highest BCUT2D eigenvalue weighted by Crippen LogP contribution is 2.39. The fourth-order valence-electron chi connectivity index (χ4n) is 2.83. The molecular formula is C21H21NO5S. The van der Waals surface area contributed by atoms with Crippen LogP contribution in [0, 0.1) is 0 Å². The summed E-state index contributed by atoms with van der Waals surface area (Å²) in [7, 11) is 1.61. The SMILES string of the molecule is COc1ccccc1SCc1ccc(-c2ccoc2)c(OCCN)c1C(=O)O. The van der Waals surface area contributed by atoms with Gasteiger partial charge in [0.1, 0.15) is 23.7 Å². The lowest BCUT2D eigenvalue weighted by atomic mass is 9.99. The minimum absolute atomic E-state index is 0.134. The van der Waals surface area contributed by atoms with Crippen LogP contribution in [0.3, 0.4) is 0 Å². The van der Waals surface area contributed by atoms with E-state index in [2.05, 4.69) is 0 Å². The molecule has 0 aliphatic heterocycles. The number of rotatable bonds is 9. The maximum absolute atomic E-state index is 12.1. The molecule has 3 aromatic rings. The summed E-state index contributed by atoms with van der Waals surface area (Å²) in [6.07, 6.45) is 3.09. The zero-order valence-corrected chi connectivity index (χ0v) is 16.2. The van der Waals surface area contributed by atoms with Crippen LogP contribution in [0.2, 0.25) is 0 Å². The zero-order chi connectivity index (χ0) is 19.9. The van der Waals surface area contributed by atoms with Gasteiger partial charge in [-0.3, -0.25) is 0 Å². The lowest BCUT2D eigenvalue weighted by molar-refractivity contribution is 0.0691. The molecule has 0 spiro atoms. The fraction of sp³-hybridized carbons (Fsp3) is 0.190. The molecule has 0 unspecified atom stereocenters. The Hall–Kier alpha value is -2.90. The molecule has 0 saturated carbocycles. The molecule has 7 heteroatoms. The highest BCUT2D eigenvalue weighted by atomic mass is 32.2. The van der Waals surface area contributed by atoms with E-state index >= 15 is 0 Å². The quantitative estimate of drug-likeness (QED) is 0.519. The first-order valence-corrected chi connectivity index (χ1v) is 9.64. The number of hydrogen-bond acceptors (Lipinski definition) is 6. The molecule has 1 aromatic heterocycles. The Labute approximate surface area is 167 Å². The first kappa shape index (κ1) is 19.9. The predicted octanol–water partition coefficient (Wildman–Crippen LogP) is 4.28. The van der Waals surface area contributed by atoms with Gasteiger partial charge in [0.2, 0.25) is 0 Å². The molecule has 0 atom stereocenters. The van der Waals surface area contributed by atoms with Crippen molar-refractivity contribution in [2.24, 2.45) is 5.73 Å². The first-order valence-electron chi connectivity index (χ1n) is 8.66. The van der Waals surface area contributed by atoms with Crippen LogP contribution >= 0.6 is 11.8 Å². The topological polar surface area (TPSA) is 94.9 Å². The van der Waals surface area contributed by atoms with Crippen molar-refractivity contribution in [2.75, 3.05) is 20.3 Å². The Balaban J connectivity index is 2.00. The van der Waals surface area contributed by atoms with Crippen molar-refractivity contribution in [3.63, 3.8) is 0 Å². The summed E-state index contributed by atoms with van der Waals surface area (Å²) in [5, 5.41) is 9.90. The van der Waals surface area contributed by atoms with Crippen molar-refractivity contribution in [1.29, 1.82) is 0 Å². The number of thioether (sulfide) groups is 1. The molecule has 1 heterocycles. The number of methoxy groups -OCH3 is 1. The molecule has 3 N–H and O–H groups in total. The minimum atomic E-state index is -1.05. The Morgan fingerprint density at radius 2 is 2.04 bits per heavy atom. The third kappa shape index (κ3) is 4.32. The van der Waals surface area contributed by atoms with Crippen LogP contribution in [-0.4, -0.2) is 31.3 Å². The maximum atomic E-state index is 12.1. The van der Waals surface area contributed by atoms with Gasteiger partial charge in [0.15, 0.2) is 0 Å². The Kier molecular flexibility index (Phi) is 6.62. The Morgan fingerprint density at radius 3 is 2.71 bits per heavy atom. The number of nitrogens with two attached hydrogens (primary N) is 1. The molecule has 0 fully saturated rings. The van der Waals surface area contributed by atoms with Crippen molar-refractivity contribution in [3.05, 3.63) is 66.1 Å². The number of ether oxygens (including phenoxy) is 2. The van der Waals surface area contributed by atoms with Gasteiger partial charge >= 0.3 is 5.97 Å². The second-order valence-electron chi connectivity index (χ2n) is 5.87.